The van der Waals surface area contributed by atoms with Crippen molar-refractivity contribution >= 4 is 23.4 Å². The molecular formula is C41H42F5N3O3S. The van der Waals surface area contributed by atoms with Crippen LogP contribution in [0.25, 0.3) is 11.1 Å². The van der Waals surface area contributed by atoms with Gasteiger partial charge in [-0.1, -0.05) is 66.2 Å². The molecule has 0 aliphatic carbocycles. The molecule has 1 fully saturated rings. The Labute approximate surface area is 334 Å². The first kappa shape index (κ1) is 22.2. The first-order valence-corrected chi connectivity index (χ1v) is 16.8. The number of alkyl halides is 3. The average Bonchev–Trinajstić information content (AvgIpc) is 3.28. The van der Waals surface area contributed by atoms with Crippen molar-refractivity contribution in [1.82, 2.24) is 9.80 Å². The van der Waals surface area contributed by atoms with Crippen LogP contribution in [-0.4, -0.2) is 66.6 Å². The van der Waals surface area contributed by atoms with Gasteiger partial charge in [0.05, 0.1) is 29.5 Å². The van der Waals surface area contributed by atoms with Gasteiger partial charge in [0.2, 0.25) is 5.91 Å². The summed E-state index contributed by atoms with van der Waals surface area (Å²) in [6.45, 7) is -16.4. The summed E-state index contributed by atoms with van der Waals surface area (Å²) >= 11 is 0.230. The number of anilines is 1. The number of hydrogen-bond donors (Lipinski definition) is 1. The van der Waals surface area contributed by atoms with Gasteiger partial charge in [-0.05, 0) is 66.7 Å². The van der Waals surface area contributed by atoms with Crippen molar-refractivity contribution in [3.05, 3.63) is 135 Å². The monoisotopic (exact) mass is 768 g/mol. The summed E-state index contributed by atoms with van der Waals surface area (Å²) in [5, 5.41) is 10.6. The fourth-order valence-electron chi connectivity index (χ4n) is 5.04. The quantitative estimate of drug-likeness (QED) is 0.146. The third-order valence-corrected chi connectivity index (χ3v) is 8.77. The Morgan fingerprint density at radius 3 is 2.42 bits per heavy atom. The van der Waals surface area contributed by atoms with Gasteiger partial charge in [0, 0.05) is 72.7 Å². The van der Waals surface area contributed by atoms with Crippen molar-refractivity contribution in [3.63, 3.8) is 0 Å². The number of carbonyl (C=O) groups excluding carboxylic acids is 1. The molecule has 280 valence electrons. The first-order chi connectivity index (χ1) is 32.0. The number of hydrogen-bond acceptors (Lipinski definition) is 6. The number of amides is 1. The highest BCUT2D eigenvalue weighted by molar-refractivity contribution is 8.02. The van der Waals surface area contributed by atoms with E-state index in [-0.39, 0.29) is 38.3 Å². The number of nitrogens with zero attached hydrogens (tertiary/aromatic N) is 3. The van der Waals surface area contributed by atoms with Crippen LogP contribution in [-0.2, 0) is 28.0 Å². The fourth-order valence-corrected chi connectivity index (χ4v) is 6.02. The average molecular weight is 769 g/mol. The zero-order valence-corrected chi connectivity index (χ0v) is 28.8. The van der Waals surface area contributed by atoms with Crippen molar-refractivity contribution in [3.8, 4) is 11.1 Å². The lowest BCUT2D eigenvalue weighted by Crippen LogP contribution is -2.50. The van der Waals surface area contributed by atoms with E-state index >= 15 is 9.18 Å². The SMILES string of the molecule is [2H]C1=C(SCc2cccc(F)c2F)N(C([2H])([2H])C(=O)N(C([2H])([2H])c2ccc(-c3ccc(C(F)(F)F)cc3)cc2)C2([2H])C([2H])([2H])C([2H])([2H])N(CCOC)C([2H])([2H])C2([2H])[2H])c2c([2H])c([2H])c(C)c([2H])c2C1O. The van der Waals surface area contributed by atoms with Gasteiger partial charge in [0.15, 0.2) is 11.6 Å². The number of ether oxygens (including phenoxy) is 1. The van der Waals surface area contributed by atoms with Gasteiger partial charge in [-0.2, -0.15) is 13.2 Å². The summed E-state index contributed by atoms with van der Waals surface area (Å²) in [4.78, 5) is 15.1. The van der Waals surface area contributed by atoms with Crippen LogP contribution in [0.2, 0.25) is 0 Å². The van der Waals surface area contributed by atoms with Crippen LogP contribution in [0.4, 0.5) is 27.6 Å². The minimum absolute atomic E-state index is 0.0138. The predicted octanol–water partition coefficient (Wildman–Crippen LogP) is 8.73. The number of methoxy groups -OCH3 is 1. The van der Waals surface area contributed by atoms with Gasteiger partial charge in [0.1, 0.15) is 12.6 Å². The number of halogens is 5. The third kappa shape index (κ3) is 9.29. The molecule has 2 aliphatic heterocycles. The molecule has 1 atom stereocenters. The molecule has 0 radical (unpaired) electrons. The second-order valence-electron chi connectivity index (χ2n) is 11.4. The van der Waals surface area contributed by atoms with Crippen molar-refractivity contribution < 1.29 is 59.9 Å². The van der Waals surface area contributed by atoms with Crippen molar-refractivity contribution in [2.45, 2.75) is 50.2 Å². The van der Waals surface area contributed by atoms with E-state index in [4.69, 9.17) is 15.7 Å². The van der Waals surface area contributed by atoms with E-state index in [9.17, 15) is 35.0 Å². The molecule has 0 saturated carbocycles. The molecule has 1 saturated heterocycles. The standard InChI is InChI=1S/C41H42F5N3O3S/c1-27-6-15-36-34(22-27)37(50)23-39(53-26-31-4-3-5-35(42)40(31)43)49(36)25-38(51)48(33-16-18-47(19-17-33)20-21-52-2)24-28-7-9-29(10-8-28)30-11-13-32(14-12-30)41(44,45)46/h3-15,22-23,33,37,50H,16-21,24-26H2,1-2H3/i6D,15D,16D2,17D2,18D2,19D2,22D,23D,24D2,25D2,33D. The molecule has 0 aromatic heterocycles. The van der Waals surface area contributed by atoms with Gasteiger partial charge >= 0.3 is 6.18 Å². The molecular weight excluding hydrogens is 710 g/mol. The van der Waals surface area contributed by atoms with Gasteiger partial charge in [-0.3, -0.25) is 4.79 Å². The molecule has 6 nitrogen and oxygen atoms in total. The smallest absolute Gasteiger partial charge is 0.384 e. The summed E-state index contributed by atoms with van der Waals surface area (Å²) in [7, 11) is 1.10. The number of benzene rings is 4. The van der Waals surface area contributed by atoms with Gasteiger partial charge in [-0.25, -0.2) is 8.78 Å². The minimum atomic E-state index is -4.71. The van der Waals surface area contributed by atoms with Crippen LogP contribution >= 0.6 is 11.8 Å². The normalized spacial score (nSPS) is 26.5. The molecule has 0 bridgehead atoms. The molecule has 6 rings (SSSR count). The Morgan fingerprint density at radius 1 is 1.08 bits per heavy atom. The van der Waals surface area contributed by atoms with Crippen LogP contribution in [0.5, 0.6) is 0 Å². The summed E-state index contributed by atoms with van der Waals surface area (Å²) in [5.74, 6) is -6.05. The van der Waals surface area contributed by atoms with Crippen LogP contribution in [0.15, 0.2) is 95.9 Å². The molecule has 1 unspecified atom stereocenters. The van der Waals surface area contributed by atoms with E-state index < -0.39 is 156 Å². The van der Waals surface area contributed by atoms with E-state index in [2.05, 4.69) is 0 Å². The second-order valence-corrected chi connectivity index (χ2v) is 12.4. The van der Waals surface area contributed by atoms with Crippen LogP contribution in [0.3, 0.4) is 0 Å². The zero-order chi connectivity index (χ0) is 52.9. The molecule has 53 heavy (non-hydrogen) atoms. The summed E-state index contributed by atoms with van der Waals surface area (Å²) in [6, 6.07) is 2.09. The number of rotatable bonds is 12. The molecule has 0 spiro atoms. The Bertz CT molecular complexity index is 2700. The van der Waals surface area contributed by atoms with Crippen molar-refractivity contribution in [2.75, 3.05) is 44.7 Å². The number of piperidine rings is 1. The molecule has 1 N–H and O–H groups in total. The highest BCUT2D eigenvalue weighted by atomic mass is 32.2. The summed E-state index contributed by atoms with van der Waals surface area (Å²) in [6.07, 6.45) is -15.6. The molecule has 12 heteroatoms. The van der Waals surface area contributed by atoms with Crippen LogP contribution < -0.4 is 4.90 Å². The third-order valence-electron chi connectivity index (χ3n) is 7.75. The minimum Gasteiger partial charge on any atom is -0.384 e. The predicted molar refractivity (Wildman–Crippen MR) is 198 cm³/mol. The Hall–Kier alpha value is -4.23. The molecule has 4 aromatic carbocycles. The van der Waals surface area contributed by atoms with E-state index in [0.717, 1.165) is 80.8 Å². The molecule has 2 aliphatic rings. The summed E-state index contributed by atoms with van der Waals surface area (Å²) in [5.41, 5.74) is -4.19. The zero-order valence-electron chi connectivity index (χ0n) is 45.0. The van der Waals surface area contributed by atoms with E-state index in [1.165, 1.54) is 0 Å². The van der Waals surface area contributed by atoms with Gasteiger partial charge in [-0.15, -0.1) is 11.8 Å². The number of fused-ring (bicyclic) bond motifs is 1. The van der Waals surface area contributed by atoms with E-state index in [1.54, 1.807) is 0 Å². The van der Waals surface area contributed by atoms with E-state index in [1.807, 2.05) is 0 Å². The highest BCUT2D eigenvalue weighted by Gasteiger charge is 2.33. The maximum atomic E-state index is 15.7. The number of carbonyl (C=O) groups is 1. The molecule has 1 amide bonds. The lowest BCUT2D eigenvalue weighted by molar-refractivity contribution is -0.137. The van der Waals surface area contributed by atoms with Gasteiger partial charge < -0.3 is 24.5 Å². The number of thioether (sulfide) groups is 1. The Kier molecular flexibility index (Phi) is 7.06. The molecule has 4 aromatic rings. The Morgan fingerprint density at radius 2 is 1.75 bits per heavy atom. The number of likely N-dealkylation sites (tertiary alicyclic amines) is 1. The Balaban J connectivity index is 1.66. The van der Waals surface area contributed by atoms with Crippen LogP contribution in [0.1, 0.15) is 70.0 Å². The number of aliphatic hydroxyl groups excluding tert-OH is 1. The van der Waals surface area contributed by atoms with Gasteiger partial charge in [0.25, 0.3) is 0 Å². The maximum absolute atomic E-state index is 15.7. The lowest BCUT2D eigenvalue weighted by Gasteiger charge is -2.40. The topological polar surface area (TPSA) is 56.3 Å². The maximum Gasteiger partial charge on any atom is 0.416 e. The van der Waals surface area contributed by atoms with Crippen LogP contribution in [0, 0.1) is 18.6 Å². The number of aliphatic hydroxyl groups is 1. The highest BCUT2D eigenvalue weighted by Crippen LogP contribution is 2.41. The van der Waals surface area contributed by atoms with Crippen molar-refractivity contribution in [2.24, 2.45) is 0 Å². The molecule has 2 heterocycles. The van der Waals surface area contributed by atoms with Crippen molar-refractivity contribution in [1.29, 1.82) is 0 Å². The largest absolute Gasteiger partial charge is 0.416 e. The second kappa shape index (κ2) is 16.8. The fraction of sp³-hybridized carbons (Fsp3) is 0.341. The lowest BCUT2D eigenvalue weighted by atomic mass is 9.99. The first-order valence-electron chi connectivity index (χ1n) is 24.3. The summed E-state index contributed by atoms with van der Waals surface area (Å²) < 4.78 is 231. The van der Waals surface area contributed by atoms with E-state index in [0.29, 0.717) is 0 Å².